The second-order valence-electron chi connectivity index (χ2n) is 7.38. The molecule has 1 heterocycles. The molecule has 0 radical (unpaired) electrons. The molecule has 1 fully saturated rings. The summed E-state index contributed by atoms with van der Waals surface area (Å²) in [4.78, 5) is 0.324. The minimum atomic E-state index is -3.64. The van der Waals surface area contributed by atoms with Gasteiger partial charge in [-0.3, -0.25) is 0 Å². The normalized spacial score (nSPS) is 20.1. The molecule has 3 nitrogen and oxygen atoms in total. The van der Waals surface area contributed by atoms with E-state index >= 15 is 0 Å². The van der Waals surface area contributed by atoms with E-state index in [1.54, 1.807) is 15.8 Å². The third-order valence-electron chi connectivity index (χ3n) is 5.18. The van der Waals surface area contributed by atoms with Crippen LogP contribution < -0.4 is 0 Å². The summed E-state index contributed by atoms with van der Waals surface area (Å²) in [7, 11) is -3.64. The first-order chi connectivity index (χ1) is 13.8. The van der Waals surface area contributed by atoms with Crippen LogP contribution in [0.3, 0.4) is 0 Å². The predicted molar refractivity (Wildman–Crippen MR) is 121 cm³/mol. The molecule has 150 valence electrons. The molecule has 3 aromatic carbocycles. The van der Waals surface area contributed by atoms with E-state index in [4.69, 9.17) is 11.6 Å². The van der Waals surface area contributed by atoms with Crippen LogP contribution in [0, 0.1) is 13.8 Å². The van der Waals surface area contributed by atoms with Gasteiger partial charge in [-0.15, -0.1) is 3.71 Å². The molecule has 6 heteroatoms. The fourth-order valence-corrected chi connectivity index (χ4v) is 7.02. The molecule has 0 saturated carbocycles. The highest BCUT2D eigenvalue weighted by atomic mass is 35.5. The van der Waals surface area contributed by atoms with Crippen LogP contribution in [0.1, 0.15) is 40.0 Å². The van der Waals surface area contributed by atoms with Crippen molar-refractivity contribution < 1.29 is 8.42 Å². The topological polar surface area (TPSA) is 37.4 Å². The number of halogens is 1. The van der Waals surface area contributed by atoms with Gasteiger partial charge < -0.3 is 0 Å². The maximum absolute atomic E-state index is 13.5. The summed E-state index contributed by atoms with van der Waals surface area (Å²) >= 11 is 7.42. The number of benzene rings is 3. The van der Waals surface area contributed by atoms with Crippen LogP contribution in [0.2, 0.25) is 5.02 Å². The summed E-state index contributed by atoms with van der Waals surface area (Å²) in [5.74, 6) is 0. The molecule has 29 heavy (non-hydrogen) atoms. The predicted octanol–water partition coefficient (Wildman–Crippen LogP) is 6.48. The van der Waals surface area contributed by atoms with Gasteiger partial charge in [-0.2, -0.15) is 0 Å². The number of hydrogen-bond donors (Lipinski definition) is 0. The number of aryl methyl sites for hydroxylation is 2. The van der Waals surface area contributed by atoms with Crippen molar-refractivity contribution >= 4 is 33.6 Å². The Hall–Kier alpha value is -1.79. The van der Waals surface area contributed by atoms with Gasteiger partial charge in [-0.1, -0.05) is 83.2 Å². The molecule has 1 aliphatic rings. The van der Waals surface area contributed by atoms with Crippen LogP contribution in [0.5, 0.6) is 0 Å². The molecule has 0 aliphatic carbocycles. The molecule has 0 N–H and O–H groups in total. The summed E-state index contributed by atoms with van der Waals surface area (Å²) in [5, 5.41) is 0.717. The Morgan fingerprint density at radius 2 is 1.34 bits per heavy atom. The SMILES string of the molecule is Cc1ccc([C@@H]2C[C@H](c3ccc(Cl)cc3)SN2S(=O)(=O)c2ccc(C)cc2)cc1. The molecule has 0 unspecified atom stereocenters. The summed E-state index contributed by atoms with van der Waals surface area (Å²) in [6.07, 6.45) is 0.709. The minimum Gasteiger partial charge on any atom is -0.206 e. The molecule has 1 saturated heterocycles. The van der Waals surface area contributed by atoms with E-state index < -0.39 is 10.0 Å². The zero-order valence-corrected chi connectivity index (χ0v) is 18.6. The molecular weight excluding hydrogens is 422 g/mol. The van der Waals surface area contributed by atoms with Gasteiger partial charge in [0, 0.05) is 10.3 Å². The van der Waals surface area contributed by atoms with Crippen molar-refractivity contribution in [3.05, 3.63) is 100 Å². The lowest BCUT2D eigenvalue weighted by atomic mass is 9.99. The molecule has 0 bridgehead atoms. The first-order valence-electron chi connectivity index (χ1n) is 9.44. The van der Waals surface area contributed by atoms with Crippen molar-refractivity contribution in [1.29, 1.82) is 0 Å². The van der Waals surface area contributed by atoms with E-state index in [-0.39, 0.29) is 11.3 Å². The molecule has 2 atom stereocenters. The fourth-order valence-electron chi connectivity index (χ4n) is 3.49. The monoisotopic (exact) mass is 443 g/mol. The zero-order chi connectivity index (χ0) is 20.6. The molecular formula is C23H22ClNO2S2. The molecule has 0 spiro atoms. The third kappa shape index (κ3) is 4.24. The maximum Gasteiger partial charge on any atom is 0.252 e. The van der Waals surface area contributed by atoms with Crippen LogP contribution in [-0.4, -0.2) is 12.1 Å². The van der Waals surface area contributed by atoms with Crippen molar-refractivity contribution in [3.63, 3.8) is 0 Å². The molecule has 3 aromatic rings. The van der Waals surface area contributed by atoms with Gasteiger partial charge in [-0.05, 0) is 55.7 Å². The van der Waals surface area contributed by atoms with Crippen molar-refractivity contribution in [3.8, 4) is 0 Å². The van der Waals surface area contributed by atoms with Crippen molar-refractivity contribution in [2.75, 3.05) is 0 Å². The van der Waals surface area contributed by atoms with Crippen molar-refractivity contribution in [1.82, 2.24) is 3.71 Å². The summed E-state index contributed by atoms with van der Waals surface area (Å²) in [5.41, 5.74) is 4.28. The van der Waals surface area contributed by atoms with E-state index in [1.165, 1.54) is 11.9 Å². The lowest BCUT2D eigenvalue weighted by Gasteiger charge is -2.23. The number of hydrogen-bond acceptors (Lipinski definition) is 3. The molecule has 4 rings (SSSR count). The second-order valence-corrected chi connectivity index (χ2v) is 11.0. The summed E-state index contributed by atoms with van der Waals surface area (Å²) < 4.78 is 28.6. The van der Waals surface area contributed by atoms with E-state index in [0.29, 0.717) is 16.3 Å². The van der Waals surface area contributed by atoms with Crippen molar-refractivity contribution in [2.24, 2.45) is 0 Å². The third-order valence-corrected chi connectivity index (χ3v) is 9.06. The van der Waals surface area contributed by atoms with Crippen LogP contribution in [0.25, 0.3) is 0 Å². The summed E-state index contributed by atoms with van der Waals surface area (Å²) in [6.45, 7) is 3.98. The Bertz CT molecular complexity index is 1100. The average Bonchev–Trinajstić information content (AvgIpc) is 3.16. The smallest absolute Gasteiger partial charge is 0.206 e. The van der Waals surface area contributed by atoms with Gasteiger partial charge in [-0.25, -0.2) is 8.42 Å². The van der Waals surface area contributed by atoms with Gasteiger partial charge in [0.1, 0.15) is 0 Å². The number of sulfonamides is 1. The molecule has 0 amide bonds. The van der Waals surface area contributed by atoms with Gasteiger partial charge in [0.2, 0.25) is 0 Å². The quantitative estimate of drug-likeness (QED) is 0.433. The lowest BCUT2D eigenvalue weighted by molar-refractivity contribution is 0.473. The van der Waals surface area contributed by atoms with E-state index in [0.717, 1.165) is 22.3 Å². The van der Waals surface area contributed by atoms with E-state index in [1.807, 2.05) is 74.5 Å². The van der Waals surface area contributed by atoms with Gasteiger partial charge in [0.05, 0.1) is 10.9 Å². The zero-order valence-electron chi connectivity index (χ0n) is 16.2. The standard InChI is InChI=1S/C23H22ClNO2S2/c1-16-3-7-18(8-4-16)22-15-23(19-9-11-20(24)12-10-19)28-25(22)29(26,27)21-13-5-17(2)6-14-21/h3-14,22-23H,15H2,1-2H3/t22-,23+/m0/s1. The highest BCUT2D eigenvalue weighted by molar-refractivity contribution is 8.08. The first-order valence-corrected chi connectivity index (χ1v) is 12.1. The van der Waals surface area contributed by atoms with Crippen LogP contribution >= 0.6 is 23.5 Å². The first kappa shape index (κ1) is 20.5. The van der Waals surface area contributed by atoms with Gasteiger partial charge >= 0.3 is 0 Å². The number of nitrogens with zero attached hydrogens (tertiary/aromatic N) is 1. The van der Waals surface area contributed by atoms with Crippen molar-refractivity contribution in [2.45, 2.75) is 36.5 Å². The Morgan fingerprint density at radius 3 is 1.93 bits per heavy atom. The summed E-state index contributed by atoms with van der Waals surface area (Å²) in [6, 6.07) is 22.6. The second kappa shape index (κ2) is 8.15. The fraction of sp³-hybridized carbons (Fsp3) is 0.217. The molecule has 1 aliphatic heterocycles. The Balaban J connectivity index is 1.74. The van der Waals surface area contributed by atoms with Crippen LogP contribution in [-0.2, 0) is 10.0 Å². The average molecular weight is 444 g/mol. The lowest BCUT2D eigenvalue weighted by Crippen LogP contribution is -2.25. The largest absolute Gasteiger partial charge is 0.252 e. The maximum atomic E-state index is 13.5. The van der Waals surface area contributed by atoms with E-state index in [9.17, 15) is 8.42 Å². The Kier molecular flexibility index (Phi) is 5.76. The minimum absolute atomic E-state index is 0.0405. The van der Waals surface area contributed by atoms with E-state index in [2.05, 4.69) is 0 Å². The van der Waals surface area contributed by atoms with Gasteiger partial charge in [0.25, 0.3) is 10.0 Å². The van der Waals surface area contributed by atoms with Crippen LogP contribution in [0.15, 0.2) is 77.7 Å². The highest BCUT2D eigenvalue weighted by Crippen LogP contribution is 2.53. The Labute approximate surface area is 181 Å². The van der Waals surface area contributed by atoms with Gasteiger partial charge in [0.15, 0.2) is 0 Å². The molecule has 0 aromatic heterocycles. The Morgan fingerprint density at radius 1 is 0.828 bits per heavy atom. The van der Waals surface area contributed by atoms with Crippen LogP contribution in [0.4, 0.5) is 0 Å². The highest BCUT2D eigenvalue weighted by Gasteiger charge is 2.42. The number of rotatable bonds is 4.